The van der Waals surface area contributed by atoms with Gasteiger partial charge in [-0.05, 0) is 12.8 Å². The highest BCUT2D eigenvalue weighted by atomic mass is 16.3. The number of hydrogen-bond acceptors (Lipinski definition) is 2. The average molecular weight is 208 g/mol. The number of imidazole rings is 1. The molecule has 0 unspecified atom stereocenters. The fourth-order valence-corrected chi connectivity index (χ4v) is 2.55. The third-order valence-corrected chi connectivity index (χ3v) is 3.46. The molecule has 84 valence electrons. The Morgan fingerprint density at radius 2 is 2.13 bits per heavy atom. The zero-order chi connectivity index (χ0) is 10.7. The van der Waals surface area contributed by atoms with Crippen molar-refractivity contribution in [1.82, 2.24) is 9.55 Å². The molecular weight excluding hydrogens is 188 g/mol. The highest BCUT2D eigenvalue weighted by molar-refractivity contribution is 5.09. The highest BCUT2D eigenvalue weighted by Gasteiger charge is 2.20. The van der Waals surface area contributed by atoms with Crippen LogP contribution in [-0.4, -0.2) is 21.3 Å². The van der Waals surface area contributed by atoms with Crippen molar-refractivity contribution in [3.63, 3.8) is 0 Å². The van der Waals surface area contributed by atoms with Crippen molar-refractivity contribution in [2.45, 2.75) is 44.4 Å². The summed E-state index contributed by atoms with van der Waals surface area (Å²) in [6.07, 6.45) is 9.26. The summed E-state index contributed by atoms with van der Waals surface area (Å²) in [5.74, 6) is 1.87. The van der Waals surface area contributed by atoms with E-state index in [2.05, 4.69) is 16.6 Å². The Labute approximate surface area is 91.1 Å². The first-order valence-corrected chi connectivity index (χ1v) is 5.94. The van der Waals surface area contributed by atoms with Crippen LogP contribution in [-0.2, 0) is 13.5 Å². The van der Waals surface area contributed by atoms with E-state index in [4.69, 9.17) is 5.11 Å². The molecule has 0 atom stereocenters. The second-order valence-electron chi connectivity index (χ2n) is 4.48. The number of nitrogens with zero attached hydrogens (tertiary/aromatic N) is 2. The Hall–Kier alpha value is -0.830. The Bertz CT molecular complexity index is 313. The Kier molecular flexibility index (Phi) is 3.41. The maximum atomic E-state index is 8.92. The summed E-state index contributed by atoms with van der Waals surface area (Å²) in [4.78, 5) is 4.51. The molecule has 15 heavy (non-hydrogen) atoms. The lowest BCUT2D eigenvalue weighted by Gasteiger charge is -2.21. The third kappa shape index (κ3) is 2.23. The number of rotatable bonds is 3. The zero-order valence-corrected chi connectivity index (χ0v) is 9.45. The minimum absolute atomic E-state index is 0.212. The van der Waals surface area contributed by atoms with E-state index in [9.17, 15) is 0 Å². The number of aliphatic hydroxyl groups is 1. The van der Waals surface area contributed by atoms with Crippen molar-refractivity contribution in [2.75, 3.05) is 6.61 Å². The lowest BCUT2D eigenvalue weighted by Crippen LogP contribution is -2.11. The van der Waals surface area contributed by atoms with E-state index in [1.54, 1.807) is 0 Å². The number of aliphatic hydroxyl groups excluding tert-OH is 1. The molecule has 1 aliphatic carbocycles. The van der Waals surface area contributed by atoms with Crippen LogP contribution in [0.5, 0.6) is 0 Å². The van der Waals surface area contributed by atoms with Crippen LogP contribution in [0.1, 0.15) is 49.5 Å². The fourth-order valence-electron chi connectivity index (χ4n) is 2.55. The molecule has 1 fully saturated rings. The maximum Gasteiger partial charge on any atom is 0.111 e. The van der Waals surface area contributed by atoms with Gasteiger partial charge in [0.05, 0.1) is 0 Å². The number of hydrogen-bond donors (Lipinski definition) is 1. The predicted molar refractivity (Wildman–Crippen MR) is 59.8 cm³/mol. The quantitative estimate of drug-likeness (QED) is 0.825. The van der Waals surface area contributed by atoms with Crippen LogP contribution < -0.4 is 0 Å². The first kappa shape index (κ1) is 10.7. The van der Waals surface area contributed by atoms with Crippen molar-refractivity contribution in [2.24, 2.45) is 7.05 Å². The summed E-state index contributed by atoms with van der Waals surface area (Å²) >= 11 is 0. The first-order chi connectivity index (χ1) is 7.33. The van der Waals surface area contributed by atoms with Crippen molar-refractivity contribution in [3.05, 3.63) is 17.7 Å². The van der Waals surface area contributed by atoms with Gasteiger partial charge in [0.1, 0.15) is 5.82 Å². The summed E-state index contributed by atoms with van der Waals surface area (Å²) in [6, 6.07) is 0. The second-order valence-corrected chi connectivity index (χ2v) is 4.48. The average Bonchev–Trinajstić information content (AvgIpc) is 2.63. The lowest BCUT2D eigenvalue weighted by atomic mass is 9.89. The van der Waals surface area contributed by atoms with Gasteiger partial charge in [-0.2, -0.15) is 0 Å². The Morgan fingerprint density at radius 1 is 1.40 bits per heavy atom. The van der Waals surface area contributed by atoms with Gasteiger partial charge in [-0.3, -0.25) is 0 Å². The molecule has 1 aromatic rings. The molecule has 3 nitrogen and oxygen atoms in total. The van der Waals surface area contributed by atoms with E-state index < -0.39 is 0 Å². The van der Waals surface area contributed by atoms with Gasteiger partial charge in [-0.25, -0.2) is 4.98 Å². The minimum Gasteiger partial charge on any atom is -0.396 e. The van der Waals surface area contributed by atoms with Gasteiger partial charge in [0.15, 0.2) is 0 Å². The van der Waals surface area contributed by atoms with E-state index in [1.807, 2.05) is 6.20 Å². The Balaban J connectivity index is 2.13. The predicted octanol–water partition coefficient (Wildman–Crippen LogP) is 2.00. The molecule has 0 radical (unpaired) electrons. The van der Waals surface area contributed by atoms with Gasteiger partial charge in [-0.15, -0.1) is 0 Å². The first-order valence-electron chi connectivity index (χ1n) is 5.94. The van der Waals surface area contributed by atoms with Crippen LogP contribution in [0, 0.1) is 0 Å². The number of aromatic nitrogens is 2. The van der Waals surface area contributed by atoms with Crippen molar-refractivity contribution in [3.8, 4) is 0 Å². The molecule has 0 aliphatic heterocycles. The minimum atomic E-state index is 0.212. The van der Waals surface area contributed by atoms with E-state index >= 15 is 0 Å². The summed E-state index contributed by atoms with van der Waals surface area (Å²) < 4.78 is 2.17. The molecule has 1 aliphatic rings. The normalized spacial score (nSPS) is 18.3. The molecule has 0 saturated heterocycles. The third-order valence-electron chi connectivity index (χ3n) is 3.46. The molecule has 0 spiro atoms. The molecule has 2 rings (SSSR count). The second kappa shape index (κ2) is 4.79. The van der Waals surface area contributed by atoms with Crippen molar-refractivity contribution < 1.29 is 5.11 Å². The van der Waals surface area contributed by atoms with Gasteiger partial charge in [-0.1, -0.05) is 19.3 Å². The Morgan fingerprint density at radius 3 is 2.80 bits per heavy atom. The van der Waals surface area contributed by atoms with Crippen molar-refractivity contribution >= 4 is 0 Å². The van der Waals surface area contributed by atoms with Gasteiger partial charge in [0, 0.05) is 37.9 Å². The monoisotopic (exact) mass is 208 g/mol. The fraction of sp³-hybridized carbons (Fsp3) is 0.750. The standard InChI is InChI=1S/C12H20N2O/c1-14-11(7-8-15)9-13-12(14)10-5-3-2-4-6-10/h9-10,15H,2-8H2,1H3. The van der Waals surface area contributed by atoms with Crippen LogP contribution in [0.3, 0.4) is 0 Å². The van der Waals surface area contributed by atoms with Gasteiger partial charge < -0.3 is 9.67 Å². The molecular formula is C12H20N2O. The van der Waals surface area contributed by atoms with Gasteiger partial charge in [0.2, 0.25) is 0 Å². The molecule has 0 bridgehead atoms. The summed E-state index contributed by atoms with van der Waals surface area (Å²) in [5.41, 5.74) is 1.15. The van der Waals surface area contributed by atoms with E-state index in [0.717, 1.165) is 12.1 Å². The molecule has 1 saturated carbocycles. The highest BCUT2D eigenvalue weighted by Crippen LogP contribution is 2.31. The van der Waals surface area contributed by atoms with Crippen molar-refractivity contribution in [1.29, 1.82) is 0 Å². The van der Waals surface area contributed by atoms with Crippen LogP contribution in [0.2, 0.25) is 0 Å². The van der Waals surface area contributed by atoms with E-state index in [0.29, 0.717) is 5.92 Å². The molecule has 0 aromatic carbocycles. The van der Waals surface area contributed by atoms with Crippen LogP contribution >= 0.6 is 0 Å². The van der Waals surface area contributed by atoms with Gasteiger partial charge in [0.25, 0.3) is 0 Å². The molecule has 1 N–H and O–H groups in total. The molecule has 0 amide bonds. The van der Waals surface area contributed by atoms with E-state index in [-0.39, 0.29) is 6.61 Å². The summed E-state index contributed by atoms with van der Waals surface area (Å²) in [5, 5.41) is 8.92. The summed E-state index contributed by atoms with van der Waals surface area (Å²) in [6.45, 7) is 0.212. The van der Waals surface area contributed by atoms with Crippen LogP contribution in [0.4, 0.5) is 0 Å². The molecule has 3 heteroatoms. The zero-order valence-electron chi connectivity index (χ0n) is 9.45. The van der Waals surface area contributed by atoms with E-state index in [1.165, 1.54) is 37.9 Å². The maximum absolute atomic E-state index is 8.92. The van der Waals surface area contributed by atoms with Crippen LogP contribution in [0.25, 0.3) is 0 Å². The lowest BCUT2D eigenvalue weighted by molar-refractivity contribution is 0.296. The molecule has 1 aromatic heterocycles. The summed E-state index contributed by atoms with van der Waals surface area (Å²) in [7, 11) is 2.07. The topological polar surface area (TPSA) is 38.0 Å². The largest absolute Gasteiger partial charge is 0.396 e. The SMILES string of the molecule is Cn1c(CCO)cnc1C1CCCCC1. The van der Waals surface area contributed by atoms with Gasteiger partial charge >= 0.3 is 0 Å². The molecule has 1 heterocycles. The smallest absolute Gasteiger partial charge is 0.111 e. The van der Waals surface area contributed by atoms with Crippen LogP contribution in [0.15, 0.2) is 6.20 Å².